The zero-order valence-corrected chi connectivity index (χ0v) is 13.3. The van der Waals surface area contributed by atoms with Crippen LogP contribution in [0.25, 0.3) is 10.9 Å². The van der Waals surface area contributed by atoms with Crippen LogP contribution in [0.15, 0.2) is 48.7 Å². The Labute approximate surface area is 134 Å². The molecule has 4 heteroatoms. The van der Waals surface area contributed by atoms with E-state index in [9.17, 15) is 9.18 Å². The van der Waals surface area contributed by atoms with Crippen LogP contribution < -0.4 is 5.32 Å². The van der Waals surface area contributed by atoms with Crippen molar-refractivity contribution in [1.82, 2.24) is 9.88 Å². The van der Waals surface area contributed by atoms with Gasteiger partial charge in [-0.1, -0.05) is 30.3 Å². The smallest absolute Gasteiger partial charge is 0.253 e. The lowest BCUT2D eigenvalue weighted by Gasteiger charge is -2.06. The summed E-state index contributed by atoms with van der Waals surface area (Å²) in [4.78, 5) is 12.5. The number of hydrogen-bond acceptors (Lipinski definition) is 1. The normalized spacial score (nSPS) is 10.9. The Balaban J connectivity index is 1.82. The summed E-state index contributed by atoms with van der Waals surface area (Å²) in [5, 5.41) is 3.86. The number of aryl methyl sites for hydroxylation is 2. The first-order chi connectivity index (χ1) is 11.1. The summed E-state index contributed by atoms with van der Waals surface area (Å²) in [6.07, 6.45) is 1.88. The van der Waals surface area contributed by atoms with Gasteiger partial charge >= 0.3 is 0 Å². The van der Waals surface area contributed by atoms with Gasteiger partial charge in [-0.2, -0.15) is 0 Å². The Morgan fingerprint density at radius 1 is 1.22 bits per heavy atom. The summed E-state index contributed by atoms with van der Waals surface area (Å²) >= 11 is 0. The summed E-state index contributed by atoms with van der Waals surface area (Å²) in [7, 11) is 0. The number of amides is 1. The van der Waals surface area contributed by atoms with Crippen LogP contribution in [0.3, 0.4) is 0 Å². The number of halogens is 1. The minimum atomic E-state index is -0.230. The fourth-order valence-corrected chi connectivity index (χ4v) is 2.78. The molecule has 0 bridgehead atoms. The zero-order chi connectivity index (χ0) is 16.4. The van der Waals surface area contributed by atoms with E-state index in [0.29, 0.717) is 17.7 Å². The SMILES string of the molecule is CCn1cc(C(=O)NCc2ccc(F)c(C)c2)c2ccccc21. The first-order valence-electron chi connectivity index (χ1n) is 7.71. The molecule has 23 heavy (non-hydrogen) atoms. The number of hydrogen-bond donors (Lipinski definition) is 1. The Hall–Kier alpha value is -2.62. The van der Waals surface area contributed by atoms with Crippen molar-refractivity contribution in [3.05, 3.63) is 71.2 Å². The summed E-state index contributed by atoms with van der Waals surface area (Å²) < 4.78 is 15.4. The molecule has 0 fully saturated rings. The van der Waals surface area contributed by atoms with Gasteiger partial charge in [0.15, 0.2) is 0 Å². The van der Waals surface area contributed by atoms with Crippen molar-refractivity contribution in [1.29, 1.82) is 0 Å². The maximum atomic E-state index is 13.3. The predicted octanol–water partition coefficient (Wildman–Crippen LogP) is 4.04. The second-order valence-corrected chi connectivity index (χ2v) is 5.61. The Morgan fingerprint density at radius 3 is 2.74 bits per heavy atom. The highest BCUT2D eigenvalue weighted by molar-refractivity contribution is 6.06. The van der Waals surface area contributed by atoms with E-state index in [2.05, 4.69) is 16.8 Å². The third kappa shape index (κ3) is 2.97. The molecule has 0 spiro atoms. The largest absolute Gasteiger partial charge is 0.348 e. The van der Waals surface area contributed by atoms with Gasteiger partial charge in [-0.25, -0.2) is 4.39 Å². The molecule has 0 radical (unpaired) electrons. The average molecular weight is 310 g/mol. The predicted molar refractivity (Wildman–Crippen MR) is 89.9 cm³/mol. The molecule has 1 N–H and O–H groups in total. The van der Waals surface area contributed by atoms with Gasteiger partial charge in [-0.05, 0) is 37.1 Å². The zero-order valence-electron chi connectivity index (χ0n) is 13.3. The lowest BCUT2D eigenvalue weighted by atomic mass is 10.1. The number of para-hydroxylation sites is 1. The molecule has 3 nitrogen and oxygen atoms in total. The highest BCUT2D eigenvalue weighted by atomic mass is 19.1. The van der Waals surface area contributed by atoms with Crippen molar-refractivity contribution in [3.8, 4) is 0 Å². The Morgan fingerprint density at radius 2 is 2.00 bits per heavy atom. The molecule has 0 aliphatic rings. The van der Waals surface area contributed by atoms with Crippen molar-refractivity contribution >= 4 is 16.8 Å². The lowest BCUT2D eigenvalue weighted by molar-refractivity contribution is 0.0952. The van der Waals surface area contributed by atoms with E-state index in [0.717, 1.165) is 23.0 Å². The molecule has 1 aromatic heterocycles. The Bertz CT molecular complexity index is 867. The molecule has 118 valence electrons. The lowest BCUT2D eigenvalue weighted by Crippen LogP contribution is -2.22. The van der Waals surface area contributed by atoms with Crippen LogP contribution in [0.4, 0.5) is 4.39 Å². The van der Waals surface area contributed by atoms with E-state index in [1.807, 2.05) is 30.5 Å². The fraction of sp³-hybridized carbons (Fsp3) is 0.211. The number of benzene rings is 2. The third-order valence-corrected chi connectivity index (χ3v) is 4.05. The maximum absolute atomic E-state index is 13.3. The molecule has 0 unspecified atom stereocenters. The van der Waals surface area contributed by atoms with E-state index >= 15 is 0 Å². The third-order valence-electron chi connectivity index (χ3n) is 4.05. The van der Waals surface area contributed by atoms with Gasteiger partial charge in [0.05, 0.1) is 5.56 Å². The van der Waals surface area contributed by atoms with Crippen molar-refractivity contribution in [2.75, 3.05) is 0 Å². The van der Waals surface area contributed by atoms with Crippen molar-refractivity contribution in [2.24, 2.45) is 0 Å². The molecule has 1 heterocycles. The molecule has 0 saturated carbocycles. The first kappa shape index (κ1) is 15.3. The monoisotopic (exact) mass is 310 g/mol. The van der Waals surface area contributed by atoms with Crippen LogP contribution >= 0.6 is 0 Å². The number of nitrogens with zero attached hydrogens (tertiary/aromatic N) is 1. The summed E-state index contributed by atoms with van der Waals surface area (Å²) in [6.45, 7) is 4.96. The molecule has 2 aromatic carbocycles. The van der Waals surface area contributed by atoms with Crippen molar-refractivity contribution < 1.29 is 9.18 Å². The quantitative estimate of drug-likeness (QED) is 0.775. The van der Waals surface area contributed by atoms with E-state index in [1.54, 1.807) is 19.1 Å². The van der Waals surface area contributed by atoms with Crippen LogP contribution in [0.5, 0.6) is 0 Å². The molecule has 0 atom stereocenters. The molecule has 0 saturated heterocycles. The summed E-state index contributed by atoms with van der Waals surface area (Å²) in [5.41, 5.74) is 3.19. The van der Waals surface area contributed by atoms with Gasteiger partial charge in [0, 0.05) is 30.2 Å². The number of carbonyl (C=O) groups is 1. The van der Waals surface area contributed by atoms with Gasteiger partial charge in [-0.3, -0.25) is 4.79 Å². The minimum absolute atomic E-state index is 0.115. The van der Waals surface area contributed by atoms with E-state index in [1.165, 1.54) is 6.07 Å². The van der Waals surface area contributed by atoms with Gasteiger partial charge in [0.1, 0.15) is 5.82 Å². The van der Waals surface area contributed by atoms with E-state index < -0.39 is 0 Å². The van der Waals surface area contributed by atoms with Gasteiger partial charge in [0.2, 0.25) is 0 Å². The van der Waals surface area contributed by atoms with Crippen LogP contribution in [0.2, 0.25) is 0 Å². The molecular formula is C19H19FN2O. The number of rotatable bonds is 4. The van der Waals surface area contributed by atoms with Crippen molar-refractivity contribution in [3.63, 3.8) is 0 Å². The highest BCUT2D eigenvalue weighted by Gasteiger charge is 2.14. The van der Waals surface area contributed by atoms with Gasteiger partial charge < -0.3 is 9.88 Å². The number of nitrogens with one attached hydrogen (secondary N) is 1. The molecule has 3 aromatic rings. The fourth-order valence-electron chi connectivity index (χ4n) is 2.78. The maximum Gasteiger partial charge on any atom is 0.253 e. The molecule has 1 amide bonds. The molecule has 0 aliphatic heterocycles. The average Bonchev–Trinajstić information content (AvgIpc) is 2.94. The topological polar surface area (TPSA) is 34.0 Å². The summed E-state index contributed by atoms with van der Waals surface area (Å²) in [6, 6.07) is 12.7. The second-order valence-electron chi connectivity index (χ2n) is 5.61. The molecule has 0 aliphatic carbocycles. The number of carbonyl (C=O) groups excluding carboxylic acids is 1. The van der Waals surface area contributed by atoms with Gasteiger partial charge in [-0.15, -0.1) is 0 Å². The second kappa shape index (κ2) is 6.24. The van der Waals surface area contributed by atoms with Gasteiger partial charge in [0.25, 0.3) is 5.91 Å². The minimum Gasteiger partial charge on any atom is -0.348 e. The van der Waals surface area contributed by atoms with E-state index in [-0.39, 0.29) is 11.7 Å². The molecular weight excluding hydrogens is 291 g/mol. The summed E-state index contributed by atoms with van der Waals surface area (Å²) in [5.74, 6) is -0.346. The standard InChI is InChI=1S/C19H19FN2O/c1-3-22-12-16(15-6-4-5-7-18(15)22)19(23)21-11-14-8-9-17(20)13(2)10-14/h4-10,12H,3,11H2,1-2H3,(H,21,23). The first-order valence-corrected chi connectivity index (χ1v) is 7.71. The van der Waals surface area contributed by atoms with Crippen molar-refractivity contribution in [2.45, 2.75) is 26.9 Å². The number of fused-ring (bicyclic) bond motifs is 1. The highest BCUT2D eigenvalue weighted by Crippen LogP contribution is 2.21. The number of aromatic nitrogens is 1. The Kier molecular flexibility index (Phi) is 4.15. The molecule has 3 rings (SSSR count). The van der Waals surface area contributed by atoms with Crippen LogP contribution in [-0.2, 0) is 13.1 Å². The van der Waals surface area contributed by atoms with Crippen LogP contribution in [0, 0.1) is 12.7 Å². The van der Waals surface area contributed by atoms with E-state index in [4.69, 9.17) is 0 Å². The van der Waals surface area contributed by atoms with Crippen LogP contribution in [0.1, 0.15) is 28.4 Å². The van der Waals surface area contributed by atoms with Crippen LogP contribution in [-0.4, -0.2) is 10.5 Å².